The van der Waals surface area contributed by atoms with Crippen molar-refractivity contribution in [3.05, 3.63) is 65.7 Å². The van der Waals surface area contributed by atoms with E-state index in [-0.39, 0.29) is 0 Å². The second-order valence-electron chi connectivity index (χ2n) is 6.83. The largest absolute Gasteiger partial charge is 0.388 e. The highest BCUT2D eigenvalue weighted by Crippen LogP contribution is 2.30. The quantitative estimate of drug-likeness (QED) is 0.467. The lowest BCUT2D eigenvalue weighted by Crippen LogP contribution is -1.93. The van der Waals surface area contributed by atoms with Gasteiger partial charge in [0.25, 0.3) is 0 Å². The lowest BCUT2D eigenvalue weighted by molar-refractivity contribution is 0.718. The fourth-order valence-corrected chi connectivity index (χ4v) is 3.52. The van der Waals surface area contributed by atoms with Crippen LogP contribution in [0.4, 0.5) is 5.69 Å². The van der Waals surface area contributed by atoms with Crippen LogP contribution in [0.15, 0.2) is 54.6 Å². The second-order valence-corrected chi connectivity index (χ2v) is 6.83. The molecule has 0 spiro atoms. The molecular weight excluding hydrogens is 302 g/mol. The van der Waals surface area contributed by atoms with Crippen molar-refractivity contribution in [2.45, 2.75) is 46.0 Å². The number of nitrogens with one attached hydrogen (secondary N) is 1. The molecular formula is C24H29N. The minimum Gasteiger partial charge on any atom is -0.388 e. The zero-order valence-electron chi connectivity index (χ0n) is 15.7. The molecule has 0 aromatic heterocycles. The van der Waals surface area contributed by atoms with Crippen molar-refractivity contribution in [1.82, 2.24) is 0 Å². The summed E-state index contributed by atoms with van der Waals surface area (Å²) in [4.78, 5) is 0. The van der Waals surface area contributed by atoms with Crippen LogP contribution in [0.1, 0.15) is 44.2 Å². The molecule has 1 nitrogen and oxygen atoms in total. The Kier molecular flexibility index (Phi) is 5.75. The molecule has 0 fully saturated rings. The molecule has 3 rings (SSSR count). The van der Waals surface area contributed by atoms with Crippen molar-refractivity contribution in [2.75, 3.05) is 12.4 Å². The third kappa shape index (κ3) is 4.04. The number of hydrogen-bond donors (Lipinski definition) is 1. The molecule has 3 aromatic rings. The van der Waals surface area contributed by atoms with Crippen LogP contribution in [-0.2, 0) is 12.8 Å². The molecule has 0 aliphatic rings. The van der Waals surface area contributed by atoms with Crippen LogP contribution in [0.2, 0.25) is 0 Å². The Bertz CT molecular complexity index is 848. The van der Waals surface area contributed by atoms with E-state index in [9.17, 15) is 0 Å². The monoisotopic (exact) mass is 331 g/mol. The molecule has 0 bridgehead atoms. The van der Waals surface area contributed by atoms with E-state index in [0.29, 0.717) is 0 Å². The summed E-state index contributed by atoms with van der Waals surface area (Å²) in [6, 6.07) is 20.5. The molecule has 0 atom stereocenters. The zero-order valence-corrected chi connectivity index (χ0v) is 15.7. The van der Waals surface area contributed by atoms with Crippen LogP contribution >= 0.6 is 0 Å². The van der Waals surface area contributed by atoms with E-state index in [2.05, 4.69) is 73.8 Å². The van der Waals surface area contributed by atoms with Gasteiger partial charge in [0.1, 0.15) is 0 Å². The average Bonchev–Trinajstić information content (AvgIpc) is 2.67. The van der Waals surface area contributed by atoms with Gasteiger partial charge in [-0.2, -0.15) is 0 Å². The molecule has 0 amide bonds. The molecule has 25 heavy (non-hydrogen) atoms. The molecule has 0 aliphatic carbocycles. The number of benzene rings is 3. The van der Waals surface area contributed by atoms with Crippen LogP contribution < -0.4 is 5.32 Å². The summed E-state index contributed by atoms with van der Waals surface area (Å²) in [7, 11) is 1.97. The van der Waals surface area contributed by atoms with Gasteiger partial charge in [-0.05, 0) is 70.5 Å². The number of unbranched alkanes of at least 4 members (excludes halogenated alkanes) is 2. The van der Waals surface area contributed by atoms with Crippen LogP contribution in [0, 0.1) is 0 Å². The predicted octanol–water partition coefficient (Wildman–Crippen LogP) is 6.84. The van der Waals surface area contributed by atoms with Crippen molar-refractivity contribution >= 4 is 16.5 Å². The maximum Gasteiger partial charge on any atom is 0.0340 e. The van der Waals surface area contributed by atoms with Gasteiger partial charge in [0.05, 0.1) is 0 Å². The van der Waals surface area contributed by atoms with Gasteiger partial charge < -0.3 is 5.32 Å². The minimum atomic E-state index is 1.04. The standard InChI is InChI=1S/C24H29N/c1-4-6-7-8-18-9-10-21-16-22(12-11-20(21)15-18)24-14-13-23(25-3)17-19(24)5-2/h9-17,25H,4-8H2,1-3H3. The number of aryl methyl sites for hydroxylation is 2. The maximum atomic E-state index is 3.24. The molecule has 3 aromatic carbocycles. The van der Waals surface area contributed by atoms with Crippen molar-refractivity contribution < 1.29 is 0 Å². The van der Waals surface area contributed by atoms with E-state index in [1.54, 1.807) is 0 Å². The third-order valence-corrected chi connectivity index (χ3v) is 5.06. The second kappa shape index (κ2) is 8.20. The summed E-state index contributed by atoms with van der Waals surface area (Å²) in [6.45, 7) is 4.48. The van der Waals surface area contributed by atoms with Crippen molar-refractivity contribution in [3.63, 3.8) is 0 Å². The Balaban J connectivity index is 1.92. The maximum absolute atomic E-state index is 3.24. The first-order valence-corrected chi connectivity index (χ1v) is 9.59. The summed E-state index contributed by atoms with van der Waals surface area (Å²) < 4.78 is 0. The summed E-state index contributed by atoms with van der Waals surface area (Å²) >= 11 is 0. The first kappa shape index (κ1) is 17.5. The van der Waals surface area contributed by atoms with Gasteiger partial charge in [-0.25, -0.2) is 0 Å². The predicted molar refractivity (Wildman–Crippen MR) is 112 cm³/mol. The molecule has 1 heteroatoms. The Hall–Kier alpha value is -2.28. The Morgan fingerprint density at radius 2 is 1.60 bits per heavy atom. The minimum absolute atomic E-state index is 1.04. The first-order valence-electron chi connectivity index (χ1n) is 9.59. The molecule has 1 N–H and O–H groups in total. The molecule has 0 radical (unpaired) electrons. The van der Waals surface area contributed by atoms with Gasteiger partial charge in [0, 0.05) is 12.7 Å². The molecule has 0 saturated carbocycles. The van der Waals surface area contributed by atoms with E-state index in [1.807, 2.05) is 7.05 Å². The van der Waals surface area contributed by atoms with Gasteiger partial charge in [-0.15, -0.1) is 0 Å². The number of rotatable bonds is 7. The van der Waals surface area contributed by atoms with E-state index in [1.165, 1.54) is 64.4 Å². The fraction of sp³-hybridized carbons (Fsp3) is 0.333. The molecule has 0 unspecified atom stereocenters. The van der Waals surface area contributed by atoms with Gasteiger partial charge in [-0.1, -0.05) is 63.1 Å². The summed E-state index contributed by atoms with van der Waals surface area (Å²) in [6.07, 6.45) is 6.12. The van der Waals surface area contributed by atoms with Crippen LogP contribution in [-0.4, -0.2) is 7.05 Å². The SMILES string of the molecule is CCCCCc1ccc2cc(-c3ccc(NC)cc3CC)ccc2c1. The Labute approximate surface area is 152 Å². The van der Waals surface area contributed by atoms with Crippen LogP contribution in [0.3, 0.4) is 0 Å². The van der Waals surface area contributed by atoms with E-state index < -0.39 is 0 Å². The highest BCUT2D eigenvalue weighted by molar-refractivity contribution is 5.88. The van der Waals surface area contributed by atoms with Gasteiger partial charge in [0.2, 0.25) is 0 Å². The normalized spacial score (nSPS) is 11.0. The molecule has 0 aliphatic heterocycles. The smallest absolute Gasteiger partial charge is 0.0340 e. The summed E-state index contributed by atoms with van der Waals surface area (Å²) in [5.74, 6) is 0. The summed E-state index contributed by atoms with van der Waals surface area (Å²) in [5, 5.41) is 5.92. The van der Waals surface area contributed by atoms with Crippen molar-refractivity contribution in [1.29, 1.82) is 0 Å². The van der Waals surface area contributed by atoms with Crippen LogP contribution in [0.25, 0.3) is 21.9 Å². The first-order chi connectivity index (χ1) is 12.2. The molecule has 130 valence electrons. The average molecular weight is 332 g/mol. The number of anilines is 1. The highest BCUT2D eigenvalue weighted by Gasteiger charge is 2.06. The lowest BCUT2D eigenvalue weighted by atomic mass is 9.94. The summed E-state index contributed by atoms with van der Waals surface area (Å²) in [5.41, 5.74) is 6.68. The number of fused-ring (bicyclic) bond motifs is 1. The number of hydrogen-bond acceptors (Lipinski definition) is 1. The molecule has 0 heterocycles. The van der Waals surface area contributed by atoms with Gasteiger partial charge >= 0.3 is 0 Å². The Morgan fingerprint density at radius 3 is 2.36 bits per heavy atom. The van der Waals surface area contributed by atoms with E-state index >= 15 is 0 Å². The lowest BCUT2D eigenvalue weighted by Gasteiger charge is -2.12. The van der Waals surface area contributed by atoms with E-state index in [0.717, 1.165) is 6.42 Å². The third-order valence-electron chi connectivity index (χ3n) is 5.06. The highest BCUT2D eigenvalue weighted by atomic mass is 14.8. The van der Waals surface area contributed by atoms with Gasteiger partial charge in [0.15, 0.2) is 0 Å². The van der Waals surface area contributed by atoms with Gasteiger partial charge in [-0.3, -0.25) is 0 Å². The van der Waals surface area contributed by atoms with Crippen molar-refractivity contribution in [2.24, 2.45) is 0 Å². The zero-order chi connectivity index (χ0) is 17.6. The van der Waals surface area contributed by atoms with E-state index in [4.69, 9.17) is 0 Å². The Morgan fingerprint density at radius 1 is 0.800 bits per heavy atom. The molecule has 0 saturated heterocycles. The van der Waals surface area contributed by atoms with Crippen LogP contribution in [0.5, 0.6) is 0 Å². The topological polar surface area (TPSA) is 12.0 Å². The fourth-order valence-electron chi connectivity index (χ4n) is 3.52. The van der Waals surface area contributed by atoms with Crippen molar-refractivity contribution in [3.8, 4) is 11.1 Å².